The van der Waals surface area contributed by atoms with Crippen molar-refractivity contribution < 1.29 is 22.7 Å². The Kier molecular flexibility index (Phi) is 4.12. The molecule has 0 aliphatic heterocycles. The number of ether oxygens (including phenoxy) is 1. The molecule has 16 heavy (non-hydrogen) atoms. The Morgan fingerprint density at radius 1 is 1.50 bits per heavy atom. The number of aromatic nitrogens is 1. The summed E-state index contributed by atoms with van der Waals surface area (Å²) < 4.78 is 41.6. The van der Waals surface area contributed by atoms with Gasteiger partial charge in [-0.1, -0.05) is 0 Å². The molecule has 1 rings (SSSR count). The lowest BCUT2D eigenvalue weighted by atomic mass is 10.1. The molecule has 0 aromatic carbocycles. The zero-order valence-corrected chi connectivity index (χ0v) is 8.73. The maximum Gasteiger partial charge on any atom is 0.456 e. The molecule has 1 aromatic rings. The highest BCUT2D eigenvalue weighted by molar-refractivity contribution is 5.99. The fourth-order valence-electron chi connectivity index (χ4n) is 1.29. The van der Waals surface area contributed by atoms with Crippen molar-refractivity contribution in [2.45, 2.75) is 19.5 Å². The lowest BCUT2D eigenvalue weighted by molar-refractivity contribution is -0.0888. The third-order valence-electron chi connectivity index (χ3n) is 2.04. The predicted molar refractivity (Wildman–Crippen MR) is 51.4 cm³/mol. The highest BCUT2D eigenvalue weighted by atomic mass is 19.4. The number of ketones is 1. The van der Waals surface area contributed by atoms with E-state index in [2.05, 4.69) is 4.98 Å². The van der Waals surface area contributed by atoms with Gasteiger partial charge < -0.3 is 9.72 Å². The number of halogens is 3. The van der Waals surface area contributed by atoms with E-state index in [9.17, 15) is 18.0 Å². The number of alkyl halides is 3. The lowest BCUT2D eigenvalue weighted by Crippen LogP contribution is -2.24. The third kappa shape index (κ3) is 3.10. The van der Waals surface area contributed by atoms with Gasteiger partial charge in [-0.25, -0.2) is 0 Å². The van der Waals surface area contributed by atoms with Gasteiger partial charge in [0.05, 0.1) is 12.3 Å². The monoisotopic (exact) mass is 235 g/mol. The van der Waals surface area contributed by atoms with Crippen LogP contribution in [0.5, 0.6) is 0 Å². The third-order valence-corrected chi connectivity index (χ3v) is 2.04. The second kappa shape index (κ2) is 5.16. The molecule has 0 unspecified atom stereocenters. The van der Waals surface area contributed by atoms with Crippen LogP contribution in [-0.4, -0.2) is 30.2 Å². The summed E-state index contributed by atoms with van der Waals surface area (Å²) in [4.78, 5) is 13.3. The van der Waals surface area contributed by atoms with Gasteiger partial charge in [-0.15, -0.1) is 0 Å². The molecule has 0 bridgehead atoms. The van der Waals surface area contributed by atoms with Crippen LogP contribution in [0.2, 0.25) is 0 Å². The van der Waals surface area contributed by atoms with Crippen LogP contribution in [0.3, 0.4) is 0 Å². The Morgan fingerprint density at radius 3 is 2.75 bits per heavy atom. The minimum Gasteiger partial charge on any atom is -0.381 e. The average molecular weight is 235 g/mol. The Morgan fingerprint density at radius 2 is 2.19 bits per heavy atom. The van der Waals surface area contributed by atoms with Crippen LogP contribution >= 0.6 is 0 Å². The van der Waals surface area contributed by atoms with E-state index < -0.39 is 17.7 Å². The number of H-pyrrole nitrogens is 1. The normalized spacial score (nSPS) is 11.8. The number of nitrogens with one attached hydrogen (secondary N) is 1. The quantitative estimate of drug-likeness (QED) is 0.628. The van der Waals surface area contributed by atoms with Crippen LogP contribution in [0, 0.1) is 0 Å². The van der Waals surface area contributed by atoms with Crippen molar-refractivity contribution >= 4 is 5.78 Å². The van der Waals surface area contributed by atoms with Gasteiger partial charge in [0.25, 0.3) is 5.78 Å². The number of hydrogen-bond donors (Lipinski definition) is 1. The van der Waals surface area contributed by atoms with E-state index in [4.69, 9.17) is 4.74 Å². The smallest absolute Gasteiger partial charge is 0.381 e. The summed E-state index contributed by atoms with van der Waals surface area (Å²) in [6.45, 7) is 2.58. The molecule has 0 saturated carbocycles. The van der Waals surface area contributed by atoms with Gasteiger partial charge in [-0.05, 0) is 25.0 Å². The highest BCUT2D eigenvalue weighted by Crippen LogP contribution is 2.22. The van der Waals surface area contributed by atoms with E-state index in [1.807, 2.05) is 0 Å². The molecule has 0 fully saturated rings. The molecular formula is C10H12F3NO2. The fourth-order valence-corrected chi connectivity index (χ4v) is 1.29. The number of hydrogen-bond acceptors (Lipinski definition) is 2. The first-order valence-electron chi connectivity index (χ1n) is 4.82. The first kappa shape index (κ1) is 12.8. The molecule has 0 spiro atoms. The van der Waals surface area contributed by atoms with Gasteiger partial charge in [0.15, 0.2) is 0 Å². The summed E-state index contributed by atoms with van der Waals surface area (Å²) in [6, 6.07) is 1.46. The molecule has 1 heterocycles. The number of Topliss-reactive ketones (excluding diaryl/α,β-unsaturated/α-hetero) is 1. The van der Waals surface area contributed by atoms with Gasteiger partial charge >= 0.3 is 6.18 Å². The van der Waals surface area contributed by atoms with Crippen molar-refractivity contribution in [3.8, 4) is 0 Å². The molecule has 0 aliphatic rings. The predicted octanol–water partition coefficient (Wildman–Crippen LogP) is 2.34. The Balaban J connectivity index is 2.74. The zero-order chi connectivity index (χ0) is 12.2. The summed E-state index contributed by atoms with van der Waals surface area (Å²) in [5.41, 5.74) is -0.0667. The maximum absolute atomic E-state index is 12.2. The number of aromatic amines is 1. The van der Waals surface area contributed by atoms with E-state index in [0.717, 1.165) is 0 Å². The first-order chi connectivity index (χ1) is 7.46. The van der Waals surface area contributed by atoms with Crippen LogP contribution in [0.4, 0.5) is 13.2 Å². The molecule has 1 aromatic heterocycles. The highest BCUT2D eigenvalue weighted by Gasteiger charge is 2.40. The van der Waals surface area contributed by atoms with Crippen LogP contribution < -0.4 is 0 Å². The van der Waals surface area contributed by atoms with Crippen LogP contribution in [0.25, 0.3) is 0 Å². The fraction of sp³-hybridized carbons (Fsp3) is 0.500. The van der Waals surface area contributed by atoms with Gasteiger partial charge in [0.2, 0.25) is 0 Å². The molecular weight excluding hydrogens is 223 g/mol. The minimum atomic E-state index is -4.84. The van der Waals surface area contributed by atoms with Crippen molar-refractivity contribution in [2.24, 2.45) is 0 Å². The SMILES string of the molecule is CCOCCc1cc[nH]c1C(=O)C(F)(F)F. The lowest BCUT2D eigenvalue weighted by Gasteiger charge is -2.06. The molecule has 90 valence electrons. The Bertz CT molecular complexity index is 357. The molecule has 0 amide bonds. The maximum atomic E-state index is 12.2. The standard InChI is InChI=1S/C10H12F3NO2/c1-2-16-6-4-7-3-5-14-8(7)9(15)10(11,12)13/h3,5,14H,2,4,6H2,1H3. The van der Waals surface area contributed by atoms with Gasteiger partial charge in [0.1, 0.15) is 0 Å². The first-order valence-corrected chi connectivity index (χ1v) is 4.82. The van der Waals surface area contributed by atoms with Crippen LogP contribution in [0.1, 0.15) is 23.0 Å². The van der Waals surface area contributed by atoms with Crippen molar-refractivity contribution in [1.82, 2.24) is 4.98 Å². The molecule has 3 nitrogen and oxygen atoms in total. The zero-order valence-electron chi connectivity index (χ0n) is 8.73. The average Bonchev–Trinajstić information content (AvgIpc) is 2.64. The van der Waals surface area contributed by atoms with E-state index in [-0.39, 0.29) is 6.42 Å². The second-order valence-corrected chi connectivity index (χ2v) is 3.15. The molecule has 0 aliphatic carbocycles. The van der Waals surface area contributed by atoms with Crippen molar-refractivity contribution in [2.75, 3.05) is 13.2 Å². The van der Waals surface area contributed by atoms with E-state index >= 15 is 0 Å². The number of carbonyl (C=O) groups excluding carboxylic acids is 1. The van der Waals surface area contributed by atoms with Crippen molar-refractivity contribution in [3.05, 3.63) is 23.5 Å². The van der Waals surface area contributed by atoms with Gasteiger partial charge in [-0.3, -0.25) is 4.79 Å². The summed E-state index contributed by atoms with van der Waals surface area (Å²) >= 11 is 0. The summed E-state index contributed by atoms with van der Waals surface area (Å²) in [6.07, 6.45) is -3.24. The topological polar surface area (TPSA) is 42.1 Å². The number of rotatable bonds is 5. The van der Waals surface area contributed by atoms with Crippen LogP contribution in [-0.2, 0) is 11.2 Å². The van der Waals surface area contributed by atoms with E-state index in [1.165, 1.54) is 12.3 Å². The van der Waals surface area contributed by atoms with Crippen LogP contribution in [0.15, 0.2) is 12.3 Å². The summed E-state index contributed by atoms with van der Waals surface area (Å²) in [7, 11) is 0. The Hall–Kier alpha value is -1.30. The summed E-state index contributed by atoms with van der Waals surface area (Å²) in [5.74, 6) is -1.84. The second-order valence-electron chi connectivity index (χ2n) is 3.15. The molecule has 1 N–H and O–H groups in total. The molecule has 0 atom stereocenters. The molecule has 0 radical (unpaired) electrons. The number of carbonyl (C=O) groups is 1. The van der Waals surface area contributed by atoms with E-state index in [1.54, 1.807) is 6.92 Å². The molecule has 0 saturated heterocycles. The van der Waals surface area contributed by atoms with Gasteiger partial charge in [0, 0.05) is 12.8 Å². The van der Waals surface area contributed by atoms with Crippen molar-refractivity contribution in [1.29, 1.82) is 0 Å². The van der Waals surface area contributed by atoms with Gasteiger partial charge in [-0.2, -0.15) is 13.2 Å². The molecule has 6 heteroatoms. The largest absolute Gasteiger partial charge is 0.456 e. The van der Waals surface area contributed by atoms with E-state index in [0.29, 0.717) is 18.8 Å². The Labute approximate surface area is 90.6 Å². The van der Waals surface area contributed by atoms with Crippen molar-refractivity contribution in [3.63, 3.8) is 0 Å². The minimum absolute atomic E-state index is 0.286. The summed E-state index contributed by atoms with van der Waals surface area (Å²) in [5, 5.41) is 0.